The van der Waals surface area contributed by atoms with Gasteiger partial charge in [0.05, 0.1) is 11.9 Å². The van der Waals surface area contributed by atoms with Crippen molar-refractivity contribution in [2.75, 3.05) is 5.32 Å². The molecular formula is C17H16N4O. The Kier molecular flexibility index (Phi) is 3.70. The first kappa shape index (κ1) is 14.0. The molecule has 0 aliphatic rings. The molecule has 0 fully saturated rings. The lowest BCUT2D eigenvalue weighted by molar-refractivity contribution is 0.102. The van der Waals surface area contributed by atoms with E-state index in [1.54, 1.807) is 17.1 Å². The molecule has 2 aromatic heterocycles. The number of aryl methyl sites for hydroxylation is 2. The minimum Gasteiger partial charge on any atom is -0.321 e. The average molecular weight is 292 g/mol. The summed E-state index contributed by atoms with van der Waals surface area (Å²) < 4.78 is 1.66. The molecule has 3 rings (SSSR count). The van der Waals surface area contributed by atoms with Gasteiger partial charge in [0.15, 0.2) is 5.82 Å². The Morgan fingerprint density at radius 1 is 1.18 bits per heavy atom. The van der Waals surface area contributed by atoms with E-state index in [9.17, 15) is 4.79 Å². The van der Waals surface area contributed by atoms with Crippen LogP contribution in [0, 0.1) is 13.8 Å². The first-order valence-electron chi connectivity index (χ1n) is 6.98. The van der Waals surface area contributed by atoms with E-state index in [2.05, 4.69) is 15.4 Å². The number of rotatable bonds is 3. The van der Waals surface area contributed by atoms with Crippen LogP contribution in [0.25, 0.3) is 5.82 Å². The van der Waals surface area contributed by atoms with Crippen molar-refractivity contribution < 1.29 is 4.79 Å². The van der Waals surface area contributed by atoms with Gasteiger partial charge in [-0.1, -0.05) is 17.7 Å². The fourth-order valence-electron chi connectivity index (χ4n) is 2.27. The predicted molar refractivity (Wildman–Crippen MR) is 85.2 cm³/mol. The lowest BCUT2D eigenvalue weighted by atomic mass is 10.1. The van der Waals surface area contributed by atoms with Crippen molar-refractivity contribution in [3.05, 3.63) is 71.7 Å². The summed E-state index contributed by atoms with van der Waals surface area (Å²) in [7, 11) is 0. The number of nitrogens with one attached hydrogen (secondary N) is 1. The van der Waals surface area contributed by atoms with Gasteiger partial charge in [-0.05, 0) is 43.7 Å². The van der Waals surface area contributed by atoms with Crippen molar-refractivity contribution in [1.29, 1.82) is 0 Å². The molecule has 0 atom stereocenters. The maximum Gasteiger partial charge on any atom is 0.255 e. The number of pyridine rings is 1. The number of benzene rings is 1. The Morgan fingerprint density at radius 3 is 2.68 bits per heavy atom. The third-order valence-corrected chi connectivity index (χ3v) is 3.37. The van der Waals surface area contributed by atoms with Crippen molar-refractivity contribution in [3.63, 3.8) is 0 Å². The topological polar surface area (TPSA) is 59.8 Å². The molecule has 0 unspecified atom stereocenters. The Labute approximate surface area is 128 Å². The largest absolute Gasteiger partial charge is 0.321 e. The Hall–Kier alpha value is -2.95. The van der Waals surface area contributed by atoms with Crippen LogP contribution in [0.2, 0.25) is 0 Å². The van der Waals surface area contributed by atoms with E-state index in [1.807, 2.05) is 56.4 Å². The zero-order valence-corrected chi connectivity index (χ0v) is 12.4. The van der Waals surface area contributed by atoms with Gasteiger partial charge in [-0.15, -0.1) is 0 Å². The molecule has 0 spiro atoms. The summed E-state index contributed by atoms with van der Waals surface area (Å²) in [6.07, 6.45) is 5.13. The molecule has 0 saturated heterocycles. The van der Waals surface area contributed by atoms with E-state index < -0.39 is 0 Å². The summed E-state index contributed by atoms with van der Waals surface area (Å²) in [6.45, 7) is 3.94. The second-order valence-electron chi connectivity index (χ2n) is 5.13. The molecule has 22 heavy (non-hydrogen) atoms. The van der Waals surface area contributed by atoms with Crippen LogP contribution < -0.4 is 5.32 Å². The Morgan fingerprint density at radius 2 is 2.05 bits per heavy atom. The van der Waals surface area contributed by atoms with Crippen LogP contribution in [0.5, 0.6) is 0 Å². The molecule has 0 radical (unpaired) electrons. The van der Waals surface area contributed by atoms with Crippen molar-refractivity contribution in [3.8, 4) is 5.82 Å². The van der Waals surface area contributed by atoms with Crippen molar-refractivity contribution in [2.24, 2.45) is 0 Å². The molecule has 5 nitrogen and oxygen atoms in total. The molecule has 5 heteroatoms. The van der Waals surface area contributed by atoms with Crippen molar-refractivity contribution in [1.82, 2.24) is 14.8 Å². The van der Waals surface area contributed by atoms with Gasteiger partial charge in [0, 0.05) is 18.0 Å². The zero-order valence-electron chi connectivity index (χ0n) is 12.4. The molecule has 1 amide bonds. The highest BCUT2D eigenvalue weighted by molar-refractivity contribution is 6.05. The van der Waals surface area contributed by atoms with Gasteiger partial charge in [0.25, 0.3) is 5.91 Å². The quantitative estimate of drug-likeness (QED) is 0.806. The highest BCUT2D eigenvalue weighted by Gasteiger charge is 2.09. The number of carbonyl (C=O) groups excluding carboxylic acids is 1. The monoisotopic (exact) mass is 292 g/mol. The lowest BCUT2D eigenvalue weighted by Gasteiger charge is -2.09. The van der Waals surface area contributed by atoms with Crippen molar-refractivity contribution in [2.45, 2.75) is 13.8 Å². The normalized spacial score (nSPS) is 10.5. The van der Waals surface area contributed by atoms with E-state index in [4.69, 9.17) is 0 Å². The standard InChI is InChI=1S/C17H16N4O/c1-12-4-6-15(13(2)10-12)17(22)20-14-5-7-16(18-11-14)21-9-3-8-19-21/h3-11H,1-2H3,(H,20,22). The van der Waals surface area contributed by atoms with Gasteiger partial charge < -0.3 is 5.32 Å². The Bertz CT molecular complexity index is 792. The lowest BCUT2D eigenvalue weighted by Crippen LogP contribution is -2.13. The third kappa shape index (κ3) is 2.88. The maximum absolute atomic E-state index is 12.3. The molecular weight excluding hydrogens is 276 g/mol. The summed E-state index contributed by atoms with van der Waals surface area (Å²) >= 11 is 0. The predicted octanol–water partition coefficient (Wildman–Crippen LogP) is 3.14. The number of nitrogens with zero attached hydrogens (tertiary/aromatic N) is 3. The number of amides is 1. The summed E-state index contributed by atoms with van der Waals surface area (Å²) in [5.74, 6) is 0.570. The van der Waals surface area contributed by atoms with Crippen LogP contribution in [0.4, 0.5) is 5.69 Å². The minimum absolute atomic E-state index is 0.133. The highest BCUT2D eigenvalue weighted by Crippen LogP contribution is 2.14. The molecule has 1 aromatic carbocycles. The van der Waals surface area contributed by atoms with E-state index in [0.29, 0.717) is 17.1 Å². The number of carbonyl (C=O) groups is 1. The number of hydrogen-bond acceptors (Lipinski definition) is 3. The summed E-state index contributed by atoms with van der Waals surface area (Å²) in [4.78, 5) is 16.6. The molecule has 0 aliphatic carbocycles. The van der Waals surface area contributed by atoms with Crippen LogP contribution in [0.15, 0.2) is 55.0 Å². The molecule has 0 aliphatic heterocycles. The van der Waals surface area contributed by atoms with Crippen LogP contribution >= 0.6 is 0 Å². The van der Waals surface area contributed by atoms with Gasteiger partial charge in [-0.2, -0.15) is 5.10 Å². The third-order valence-electron chi connectivity index (χ3n) is 3.37. The maximum atomic E-state index is 12.3. The van der Waals surface area contributed by atoms with E-state index in [1.165, 1.54) is 0 Å². The van der Waals surface area contributed by atoms with Gasteiger partial charge >= 0.3 is 0 Å². The minimum atomic E-state index is -0.133. The number of hydrogen-bond donors (Lipinski definition) is 1. The average Bonchev–Trinajstić information content (AvgIpc) is 3.02. The van der Waals surface area contributed by atoms with E-state index in [0.717, 1.165) is 11.1 Å². The first-order chi connectivity index (χ1) is 10.6. The molecule has 110 valence electrons. The summed E-state index contributed by atoms with van der Waals surface area (Å²) in [5, 5.41) is 6.97. The van der Waals surface area contributed by atoms with Gasteiger partial charge in [0.2, 0.25) is 0 Å². The molecule has 3 aromatic rings. The van der Waals surface area contributed by atoms with Gasteiger partial charge in [-0.3, -0.25) is 4.79 Å². The Balaban J connectivity index is 1.77. The molecule has 1 N–H and O–H groups in total. The van der Waals surface area contributed by atoms with Gasteiger partial charge in [0.1, 0.15) is 0 Å². The summed E-state index contributed by atoms with van der Waals surface area (Å²) in [5.41, 5.74) is 3.42. The number of aromatic nitrogens is 3. The highest BCUT2D eigenvalue weighted by atomic mass is 16.1. The van der Waals surface area contributed by atoms with Crippen molar-refractivity contribution >= 4 is 11.6 Å². The second-order valence-corrected chi connectivity index (χ2v) is 5.13. The smallest absolute Gasteiger partial charge is 0.255 e. The second kappa shape index (κ2) is 5.81. The van der Waals surface area contributed by atoms with Gasteiger partial charge in [-0.25, -0.2) is 9.67 Å². The molecule has 0 saturated carbocycles. The SMILES string of the molecule is Cc1ccc(C(=O)Nc2ccc(-n3cccn3)nc2)c(C)c1. The molecule has 2 heterocycles. The summed E-state index contributed by atoms with van der Waals surface area (Å²) in [6, 6.07) is 11.2. The fraction of sp³-hybridized carbons (Fsp3) is 0.118. The van der Waals surface area contributed by atoms with Crippen LogP contribution in [-0.2, 0) is 0 Å². The fourth-order valence-corrected chi connectivity index (χ4v) is 2.27. The first-order valence-corrected chi connectivity index (χ1v) is 6.98. The van der Waals surface area contributed by atoms with Crippen LogP contribution in [-0.4, -0.2) is 20.7 Å². The van der Waals surface area contributed by atoms with Crippen LogP contribution in [0.3, 0.4) is 0 Å². The van der Waals surface area contributed by atoms with E-state index >= 15 is 0 Å². The van der Waals surface area contributed by atoms with E-state index in [-0.39, 0.29) is 5.91 Å². The van der Waals surface area contributed by atoms with Crippen LogP contribution in [0.1, 0.15) is 21.5 Å². The number of anilines is 1. The molecule has 0 bridgehead atoms. The zero-order chi connectivity index (χ0) is 15.5.